The first-order chi connectivity index (χ1) is 10.2. The lowest BCUT2D eigenvalue weighted by Crippen LogP contribution is -2.19. The fourth-order valence-corrected chi connectivity index (χ4v) is 2.74. The van der Waals surface area contributed by atoms with Gasteiger partial charge >= 0.3 is 11.9 Å². The van der Waals surface area contributed by atoms with Crippen molar-refractivity contribution in [3.63, 3.8) is 0 Å². The van der Waals surface area contributed by atoms with Crippen molar-refractivity contribution < 1.29 is 27.5 Å². The third-order valence-electron chi connectivity index (χ3n) is 2.41. The molecule has 0 aliphatic heterocycles. The average Bonchev–Trinajstić information content (AvgIpc) is 2.46. The summed E-state index contributed by atoms with van der Waals surface area (Å²) < 4.78 is 32.5. The number of ether oxygens (including phenoxy) is 2. The van der Waals surface area contributed by atoms with E-state index in [4.69, 9.17) is 5.14 Å². The van der Waals surface area contributed by atoms with Gasteiger partial charge in [0.05, 0.1) is 26.0 Å². The summed E-state index contributed by atoms with van der Waals surface area (Å²) in [6.45, 7) is 0. The summed E-state index contributed by atoms with van der Waals surface area (Å²) >= 11 is 3.14. The van der Waals surface area contributed by atoms with E-state index in [0.29, 0.717) is 4.47 Å². The van der Waals surface area contributed by atoms with E-state index in [1.54, 1.807) is 0 Å². The minimum absolute atomic E-state index is 0.00875. The molecule has 1 aromatic carbocycles. The van der Waals surface area contributed by atoms with E-state index < -0.39 is 22.0 Å². The van der Waals surface area contributed by atoms with Crippen molar-refractivity contribution in [2.24, 2.45) is 5.14 Å². The average molecular weight is 393 g/mol. The molecule has 0 saturated heterocycles. The predicted octanol–water partition coefficient (Wildman–Crippen LogP) is 0.738. The molecule has 0 aliphatic rings. The number of sulfonamides is 1. The van der Waals surface area contributed by atoms with Gasteiger partial charge in [0.15, 0.2) is 0 Å². The zero-order valence-electron chi connectivity index (χ0n) is 11.6. The number of benzene rings is 1. The molecule has 0 spiro atoms. The molecule has 22 heavy (non-hydrogen) atoms. The van der Waals surface area contributed by atoms with Crippen LogP contribution in [-0.2, 0) is 29.1 Å². The number of para-hydroxylation sites is 1. The minimum atomic E-state index is -4.06. The number of nitrogens with two attached hydrogens (primary N) is 1. The molecular formula is C12H13BrN2O6S. The van der Waals surface area contributed by atoms with Crippen molar-refractivity contribution in [2.75, 3.05) is 19.5 Å². The predicted molar refractivity (Wildman–Crippen MR) is 81.3 cm³/mol. The fourth-order valence-electron chi connectivity index (χ4n) is 1.43. The van der Waals surface area contributed by atoms with Gasteiger partial charge in [-0.25, -0.2) is 23.1 Å². The van der Waals surface area contributed by atoms with Gasteiger partial charge in [-0.1, -0.05) is 6.07 Å². The van der Waals surface area contributed by atoms with Gasteiger partial charge in [0.25, 0.3) is 0 Å². The summed E-state index contributed by atoms with van der Waals surface area (Å²) in [4.78, 5) is 22.7. The summed E-state index contributed by atoms with van der Waals surface area (Å²) in [5, 5.41) is 7.64. The molecule has 0 unspecified atom stereocenters. The summed E-state index contributed by atoms with van der Waals surface area (Å²) in [6.07, 6.45) is 0.832. The molecule has 10 heteroatoms. The van der Waals surface area contributed by atoms with E-state index in [1.165, 1.54) is 18.2 Å². The summed E-state index contributed by atoms with van der Waals surface area (Å²) in [5.41, 5.74) is -0.322. The van der Waals surface area contributed by atoms with Gasteiger partial charge in [0, 0.05) is 4.47 Å². The Labute approximate surface area is 135 Å². The minimum Gasteiger partial charge on any atom is -0.466 e. The summed E-state index contributed by atoms with van der Waals surface area (Å²) in [6, 6.07) is 4.23. The van der Waals surface area contributed by atoms with Gasteiger partial charge < -0.3 is 14.8 Å². The van der Waals surface area contributed by atoms with Crippen LogP contribution in [0.4, 0.5) is 5.69 Å². The van der Waals surface area contributed by atoms with Crippen molar-refractivity contribution in [3.05, 3.63) is 34.4 Å². The standard InChI is InChI=1S/C12H13BrN2O6S/c1-20-10(16)6-8(12(17)21-2)15-11-7(13)4-3-5-9(11)22(14,18)19/h3-6,15H,1-2H3,(H2,14,18,19)/b8-6+. The number of carbonyl (C=O) groups is 2. The molecule has 0 radical (unpaired) electrons. The molecule has 0 aliphatic carbocycles. The maximum atomic E-state index is 11.7. The van der Waals surface area contributed by atoms with Crippen molar-refractivity contribution in [2.45, 2.75) is 4.90 Å². The van der Waals surface area contributed by atoms with Crippen LogP contribution < -0.4 is 10.5 Å². The number of anilines is 1. The van der Waals surface area contributed by atoms with E-state index in [2.05, 4.69) is 30.7 Å². The molecule has 1 rings (SSSR count). The topological polar surface area (TPSA) is 125 Å². The first kappa shape index (κ1) is 18.1. The van der Waals surface area contributed by atoms with Gasteiger partial charge in [0.2, 0.25) is 10.0 Å². The van der Waals surface area contributed by atoms with Crippen molar-refractivity contribution in [1.29, 1.82) is 0 Å². The lowest BCUT2D eigenvalue weighted by Gasteiger charge is -2.14. The SMILES string of the molecule is COC(=O)/C=C(/Nc1c(Br)cccc1S(N)(=O)=O)C(=O)OC. The van der Waals surface area contributed by atoms with Crippen LogP contribution in [0.2, 0.25) is 0 Å². The molecule has 0 bridgehead atoms. The smallest absolute Gasteiger partial charge is 0.354 e. The van der Waals surface area contributed by atoms with Crippen LogP contribution in [0.1, 0.15) is 0 Å². The number of hydrogen-bond acceptors (Lipinski definition) is 7. The number of nitrogens with one attached hydrogen (secondary N) is 1. The van der Waals surface area contributed by atoms with Gasteiger partial charge in [-0.15, -0.1) is 0 Å². The van der Waals surface area contributed by atoms with E-state index in [0.717, 1.165) is 20.3 Å². The third kappa shape index (κ3) is 4.55. The normalized spacial score (nSPS) is 11.7. The highest BCUT2D eigenvalue weighted by molar-refractivity contribution is 9.10. The second-order valence-corrected chi connectivity index (χ2v) is 6.24. The fraction of sp³-hybridized carbons (Fsp3) is 0.167. The first-order valence-electron chi connectivity index (χ1n) is 5.67. The second kappa shape index (κ2) is 7.38. The second-order valence-electron chi connectivity index (χ2n) is 3.86. The number of rotatable bonds is 5. The molecule has 120 valence electrons. The zero-order valence-corrected chi connectivity index (χ0v) is 14.0. The van der Waals surface area contributed by atoms with Crippen LogP contribution in [0.5, 0.6) is 0 Å². The Balaban J connectivity index is 3.39. The Bertz CT molecular complexity index is 729. The molecule has 0 saturated carbocycles. The van der Waals surface area contributed by atoms with Gasteiger partial charge in [0.1, 0.15) is 10.6 Å². The van der Waals surface area contributed by atoms with E-state index in [1.807, 2.05) is 0 Å². The number of hydrogen-bond donors (Lipinski definition) is 2. The molecule has 0 fully saturated rings. The molecule has 0 atom stereocenters. The Morgan fingerprint density at radius 3 is 2.41 bits per heavy atom. The monoisotopic (exact) mass is 392 g/mol. The van der Waals surface area contributed by atoms with Gasteiger partial charge in [-0.3, -0.25) is 0 Å². The third-order valence-corrected chi connectivity index (χ3v) is 4.02. The van der Waals surface area contributed by atoms with Gasteiger partial charge in [-0.05, 0) is 28.1 Å². The van der Waals surface area contributed by atoms with Crippen LogP contribution in [0, 0.1) is 0 Å². The summed E-state index contributed by atoms with van der Waals surface area (Å²) in [7, 11) is -1.82. The van der Waals surface area contributed by atoms with E-state index >= 15 is 0 Å². The van der Waals surface area contributed by atoms with E-state index in [-0.39, 0.29) is 16.3 Å². The van der Waals surface area contributed by atoms with Crippen LogP contribution in [0.15, 0.2) is 39.3 Å². The Morgan fingerprint density at radius 2 is 1.91 bits per heavy atom. The number of carbonyl (C=O) groups excluding carboxylic acids is 2. The number of halogens is 1. The molecule has 0 heterocycles. The maximum absolute atomic E-state index is 11.7. The first-order valence-corrected chi connectivity index (χ1v) is 8.01. The van der Waals surface area contributed by atoms with Crippen LogP contribution in [0.3, 0.4) is 0 Å². The van der Waals surface area contributed by atoms with Crippen molar-refractivity contribution in [1.82, 2.24) is 0 Å². The number of primary sulfonamides is 1. The zero-order chi connectivity index (χ0) is 16.9. The number of methoxy groups -OCH3 is 2. The highest BCUT2D eigenvalue weighted by Gasteiger charge is 2.20. The van der Waals surface area contributed by atoms with Crippen LogP contribution in [-0.4, -0.2) is 34.6 Å². The highest BCUT2D eigenvalue weighted by Crippen LogP contribution is 2.30. The molecule has 8 nitrogen and oxygen atoms in total. The number of esters is 2. The van der Waals surface area contributed by atoms with Crippen LogP contribution in [0.25, 0.3) is 0 Å². The molecule has 3 N–H and O–H groups in total. The van der Waals surface area contributed by atoms with Crippen molar-refractivity contribution in [3.8, 4) is 0 Å². The highest BCUT2D eigenvalue weighted by atomic mass is 79.9. The van der Waals surface area contributed by atoms with Crippen molar-refractivity contribution >= 4 is 43.6 Å². The molecule has 0 amide bonds. The Hall–Kier alpha value is -1.91. The Morgan fingerprint density at radius 1 is 1.27 bits per heavy atom. The summed E-state index contributed by atoms with van der Waals surface area (Å²) in [5.74, 6) is -1.71. The molecule has 0 aromatic heterocycles. The quantitative estimate of drug-likeness (QED) is 0.558. The lowest BCUT2D eigenvalue weighted by atomic mass is 10.3. The van der Waals surface area contributed by atoms with Crippen LogP contribution >= 0.6 is 15.9 Å². The van der Waals surface area contributed by atoms with E-state index in [9.17, 15) is 18.0 Å². The molecular weight excluding hydrogens is 380 g/mol. The Kier molecular flexibility index (Phi) is 6.09. The van der Waals surface area contributed by atoms with Gasteiger partial charge in [-0.2, -0.15) is 0 Å². The largest absolute Gasteiger partial charge is 0.466 e. The lowest BCUT2D eigenvalue weighted by molar-refractivity contribution is -0.138. The molecule has 1 aromatic rings. The maximum Gasteiger partial charge on any atom is 0.354 e.